The molecule has 7 nitrogen and oxygen atoms in total. The predicted molar refractivity (Wildman–Crippen MR) is 104 cm³/mol. The van der Waals surface area contributed by atoms with E-state index in [0.29, 0.717) is 16.9 Å². The fourth-order valence-corrected chi connectivity index (χ4v) is 4.22. The molecule has 0 fully saturated rings. The van der Waals surface area contributed by atoms with E-state index in [1.807, 2.05) is 19.1 Å². The summed E-state index contributed by atoms with van der Waals surface area (Å²) in [6.45, 7) is 1.70. The number of nitrogens with zero attached hydrogens (tertiary/aromatic N) is 3. The van der Waals surface area contributed by atoms with Crippen LogP contribution < -0.4 is 10.9 Å². The third-order valence-electron chi connectivity index (χ3n) is 5.46. The van der Waals surface area contributed by atoms with Gasteiger partial charge in [0.1, 0.15) is 17.9 Å². The highest BCUT2D eigenvalue weighted by molar-refractivity contribution is 5.82. The number of rotatable bonds is 3. The summed E-state index contributed by atoms with van der Waals surface area (Å²) in [7, 11) is 0. The second-order valence-corrected chi connectivity index (χ2v) is 7.26. The van der Waals surface area contributed by atoms with Crippen LogP contribution in [0.4, 0.5) is 0 Å². The van der Waals surface area contributed by atoms with Crippen LogP contribution in [-0.4, -0.2) is 20.1 Å². The molecule has 0 saturated heterocycles. The fraction of sp³-hybridized carbons (Fsp3) is 0.286. The minimum absolute atomic E-state index is 0.0198. The van der Waals surface area contributed by atoms with Crippen LogP contribution in [0.2, 0.25) is 0 Å². The number of aryl methyl sites for hydroxylation is 2. The Morgan fingerprint density at radius 2 is 2.14 bits per heavy atom. The van der Waals surface area contributed by atoms with Gasteiger partial charge in [0, 0.05) is 12.1 Å². The van der Waals surface area contributed by atoms with Gasteiger partial charge in [0.05, 0.1) is 17.8 Å². The highest BCUT2D eigenvalue weighted by Crippen LogP contribution is 2.29. The lowest BCUT2D eigenvalue weighted by Gasteiger charge is -2.26. The molecule has 0 aliphatic heterocycles. The molecule has 3 heterocycles. The zero-order valence-corrected chi connectivity index (χ0v) is 15.5. The molecule has 1 atom stereocenters. The number of benzene rings is 1. The van der Waals surface area contributed by atoms with Gasteiger partial charge in [0.25, 0.3) is 5.56 Å². The first-order valence-corrected chi connectivity index (χ1v) is 9.45. The predicted octanol–water partition coefficient (Wildman–Crippen LogP) is 2.74. The Balaban J connectivity index is 1.43. The first kappa shape index (κ1) is 16.8. The molecule has 1 aromatic carbocycles. The van der Waals surface area contributed by atoms with E-state index in [-0.39, 0.29) is 24.1 Å². The second kappa shape index (κ2) is 6.37. The van der Waals surface area contributed by atoms with Gasteiger partial charge in [-0.2, -0.15) is 5.10 Å². The molecule has 0 spiro atoms. The van der Waals surface area contributed by atoms with Gasteiger partial charge in [-0.15, -0.1) is 0 Å². The van der Waals surface area contributed by atoms with Crippen molar-refractivity contribution in [2.24, 2.45) is 0 Å². The summed E-state index contributed by atoms with van der Waals surface area (Å²) in [5, 5.41) is 7.42. The summed E-state index contributed by atoms with van der Waals surface area (Å²) in [6, 6.07) is 11.7. The Morgan fingerprint density at radius 3 is 3.04 bits per heavy atom. The van der Waals surface area contributed by atoms with Crippen LogP contribution in [0.3, 0.4) is 0 Å². The molecule has 1 unspecified atom stereocenters. The normalized spacial score (nSPS) is 16.4. The van der Waals surface area contributed by atoms with Gasteiger partial charge >= 0.3 is 0 Å². The Labute approximate surface area is 160 Å². The van der Waals surface area contributed by atoms with Gasteiger partial charge in [0.2, 0.25) is 5.91 Å². The smallest absolute Gasteiger partial charge is 0.291 e. The molecule has 7 heteroatoms. The van der Waals surface area contributed by atoms with Crippen molar-refractivity contribution in [2.45, 2.75) is 38.8 Å². The van der Waals surface area contributed by atoms with Crippen molar-refractivity contribution in [3.05, 3.63) is 70.0 Å². The average molecular weight is 376 g/mol. The average Bonchev–Trinajstić information content (AvgIpc) is 3.27. The summed E-state index contributed by atoms with van der Waals surface area (Å²) in [4.78, 5) is 25.5. The molecule has 28 heavy (non-hydrogen) atoms. The lowest BCUT2D eigenvalue weighted by atomic mass is 9.88. The summed E-state index contributed by atoms with van der Waals surface area (Å²) < 4.78 is 8.38. The van der Waals surface area contributed by atoms with Gasteiger partial charge in [-0.3, -0.25) is 14.0 Å². The van der Waals surface area contributed by atoms with E-state index in [1.165, 1.54) is 15.8 Å². The maximum absolute atomic E-state index is 12.8. The zero-order valence-electron chi connectivity index (χ0n) is 15.5. The largest absolute Gasteiger partial charge is 0.463 e. The number of carbonyl (C=O) groups is 1. The number of fused-ring (bicyclic) bond motifs is 4. The Bertz CT molecular complexity index is 1260. The van der Waals surface area contributed by atoms with Crippen molar-refractivity contribution in [3.8, 4) is 0 Å². The van der Waals surface area contributed by atoms with Crippen molar-refractivity contribution in [1.29, 1.82) is 0 Å². The summed E-state index contributed by atoms with van der Waals surface area (Å²) >= 11 is 0. The number of hydrogen-bond donors (Lipinski definition) is 1. The lowest BCUT2D eigenvalue weighted by Crippen LogP contribution is -2.37. The van der Waals surface area contributed by atoms with Crippen molar-refractivity contribution >= 4 is 22.5 Å². The molecule has 5 rings (SSSR count). The molecule has 3 aromatic heterocycles. The maximum Gasteiger partial charge on any atom is 0.291 e. The molecule has 1 N–H and O–H groups in total. The number of amides is 1. The van der Waals surface area contributed by atoms with Gasteiger partial charge in [-0.05, 0) is 37.3 Å². The number of hydrogen-bond acceptors (Lipinski definition) is 4. The first-order valence-electron chi connectivity index (χ1n) is 9.45. The minimum atomic E-state index is -0.309. The van der Waals surface area contributed by atoms with Crippen molar-refractivity contribution < 1.29 is 9.21 Å². The monoisotopic (exact) mass is 376 g/mol. The van der Waals surface area contributed by atoms with E-state index in [2.05, 4.69) is 22.5 Å². The van der Waals surface area contributed by atoms with E-state index >= 15 is 0 Å². The number of aromatic nitrogens is 3. The van der Waals surface area contributed by atoms with Crippen LogP contribution in [0.5, 0.6) is 0 Å². The third kappa shape index (κ3) is 2.62. The molecule has 0 radical (unpaired) electrons. The molecule has 0 bridgehead atoms. The summed E-state index contributed by atoms with van der Waals surface area (Å²) in [5.74, 6) is 0.414. The van der Waals surface area contributed by atoms with Crippen molar-refractivity contribution in [1.82, 2.24) is 19.5 Å². The molecule has 4 aromatic rings. The standard InChI is InChI=1S/C21H20N4O3/c1-13-23-24(21(27)18-11-19-17(25(13)18)9-10-28-19)12-20(26)22-16-8-4-6-14-5-2-3-7-15(14)16/h2-3,5,7,9-11,16H,4,6,8,12H2,1H3,(H,22,26). The molecular weight excluding hydrogens is 356 g/mol. The molecule has 142 valence electrons. The molecular formula is C21H20N4O3. The van der Waals surface area contributed by atoms with E-state index in [4.69, 9.17) is 4.42 Å². The highest BCUT2D eigenvalue weighted by Gasteiger charge is 2.22. The van der Waals surface area contributed by atoms with Gasteiger partial charge in [0.15, 0.2) is 5.58 Å². The van der Waals surface area contributed by atoms with Gasteiger partial charge < -0.3 is 9.73 Å². The fourth-order valence-electron chi connectivity index (χ4n) is 4.22. The second-order valence-electron chi connectivity index (χ2n) is 7.26. The van der Waals surface area contributed by atoms with Crippen LogP contribution in [0.1, 0.15) is 35.8 Å². The summed E-state index contributed by atoms with van der Waals surface area (Å²) in [6.07, 6.45) is 4.55. The quantitative estimate of drug-likeness (QED) is 0.596. The number of furan rings is 1. The van der Waals surface area contributed by atoms with Crippen LogP contribution in [-0.2, 0) is 17.8 Å². The minimum Gasteiger partial charge on any atom is -0.463 e. The van der Waals surface area contributed by atoms with Crippen LogP contribution in [0, 0.1) is 6.92 Å². The molecule has 1 aliphatic rings. The van der Waals surface area contributed by atoms with E-state index < -0.39 is 0 Å². The number of carbonyl (C=O) groups excluding carboxylic acids is 1. The summed E-state index contributed by atoms with van der Waals surface area (Å²) in [5.41, 5.74) is 4.02. The third-order valence-corrected chi connectivity index (χ3v) is 5.46. The van der Waals surface area contributed by atoms with Crippen molar-refractivity contribution in [3.63, 3.8) is 0 Å². The lowest BCUT2D eigenvalue weighted by molar-refractivity contribution is -0.122. The van der Waals surface area contributed by atoms with Crippen molar-refractivity contribution in [2.75, 3.05) is 0 Å². The Hall–Kier alpha value is -3.35. The van der Waals surface area contributed by atoms with Crippen LogP contribution >= 0.6 is 0 Å². The molecule has 1 amide bonds. The Kier molecular flexibility index (Phi) is 3.82. The van der Waals surface area contributed by atoms with E-state index in [1.54, 1.807) is 22.8 Å². The first-order chi connectivity index (χ1) is 13.6. The van der Waals surface area contributed by atoms with Gasteiger partial charge in [-0.25, -0.2) is 4.68 Å². The zero-order chi connectivity index (χ0) is 19.3. The molecule has 1 aliphatic carbocycles. The van der Waals surface area contributed by atoms with Crippen LogP contribution in [0.15, 0.2) is 51.9 Å². The van der Waals surface area contributed by atoms with E-state index in [9.17, 15) is 9.59 Å². The van der Waals surface area contributed by atoms with E-state index in [0.717, 1.165) is 24.8 Å². The Morgan fingerprint density at radius 1 is 1.29 bits per heavy atom. The topological polar surface area (TPSA) is 81.5 Å². The van der Waals surface area contributed by atoms with Crippen LogP contribution in [0.25, 0.3) is 16.6 Å². The van der Waals surface area contributed by atoms with Gasteiger partial charge in [-0.1, -0.05) is 24.3 Å². The number of nitrogens with one attached hydrogen (secondary N) is 1. The highest BCUT2D eigenvalue weighted by atomic mass is 16.3. The maximum atomic E-state index is 12.8. The molecule has 0 saturated carbocycles. The SMILES string of the molecule is Cc1nn(CC(=O)NC2CCCc3ccccc32)c(=O)c2cc3occc3n12.